The predicted molar refractivity (Wildman–Crippen MR) is 128 cm³/mol. The second kappa shape index (κ2) is 8.87. The summed E-state index contributed by atoms with van der Waals surface area (Å²) in [4.78, 5) is 25.1. The molecule has 0 radical (unpaired) electrons. The minimum Gasteiger partial charge on any atom is -0.508 e. The Hall–Kier alpha value is -3.38. The van der Waals surface area contributed by atoms with E-state index in [0.29, 0.717) is 23.0 Å². The van der Waals surface area contributed by atoms with Crippen molar-refractivity contribution < 1.29 is 9.90 Å². The Morgan fingerprint density at radius 2 is 1.97 bits per heavy atom. The molecule has 0 bridgehead atoms. The van der Waals surface area contributed by atoms with Gasteiger partial charge in [-0.05, 0) is 48.1 Å². The predicted octanol–water partition coefficient (Wildman–Crippen LogP) is 4.45. The number of benzene rings is 2. The average Bonchev–Trinajstić information content (AvgIpc) is 3.58. The number of aliphatic imine (C=N–C) groups is 1. The van der Waals surface area contributed by atoms with Crippen LogP contribution in [-0.2, 0) is 16.9 Å². The molecule has 0 spiro atoms. The highest BCUT2D eigenvalue weighted by molar-refractivity contribution is 6.30. The maximum absolute atomic E-state index is 14.0. The van der Waals surface area contributed by atoms with Gasteiger partial charge in [-0.15, -0.1) is 0 Å². The van der Waals surface area contributed by atoms with Gasteiger partial charge in [0.05, 0.1) is 12.4 Å². The zero-order chi connectivity index (χ0) is 22.8. The van der Waals surface area contributed by atoms with Crippen LogP contribution in [0.5, 0.6) is 5.75 Å². The summed E-state index contributed by atoms with van der Waals surface area (Å²) < 4.78 is 0. The lowest BCUT2D eigenvalue weighted by atomic mass is 9.78. The van der Waals surface area contributed by atoms with E-state index in [2.05, 4.69) is 15.2 Å². The summed E-state index contributed by atoms with van der Waals surface area (Å²) in [7, 11) is 0. The van der Waals surface area contributed by atoms with Crippen LogP contribution in [0.1, 0.15) is 35.6 Å². The molecule has 7 heteroatoms. The number of carbonyl (C=O) groups excluding carboxylic acids is 1. The number of hydrogen-bond donors (Lipinski definition) is 2. The van der Waals surface area contributed by atoms with E-state index in [1.54, 1.807) is 30.9 Å². The topological polar surface area (TPSA) is 77.8 Å². The van der Waals surface area contributed by atoms with Crippen molar-refractivity contribution in [2.45, 2.75) is 31.0 Å². The number of amides is 1. The van der Waals surface area contributed by atoms with E-state index in [0.717, 1.165) is 30.5 Å². The zero-order valence-corrected chi connectivity index (χ0v) is 18.8. The molecule has 1 aromatic heterocycles. The number of aromatic nitrogens is 1. The van der Waals surface area contributed by atoms with Crippen molar-refractivity contribution in [1.82, 2.24) is 15.2 Å². The maximum atomic E-state index is 14.0. The number of aromatic hydroxyl groups is 1. The van der Waals surface area contributed by atoms with Gasteiger partial charge in [0, 0.05) is 36.1 Å². The molecule has 2 heterocycles. The van der Waals surface area contributed by atoms with E-state index < -0.39 is 11.6 Å². The number of nitrogens with zero attached hydrogens (tertiary/aromatic N) is 3. The molecule has 2 aliphatic rings. The zero-order valence-electron chi connectivity index (χ0n) is 18.1. The normalized spacial score (nSPS) is 21.8. The number of phenolic OH excluding ortho intramolecular Hbond substituents is 1. The molecule has 33 heavy (non-hydrogen) atoms. The van der Waals surface area contributed by atoms with Crippen LogP contribution in [0.15, 0.2) is 78.0 Å². The van der Waals surface area contributed by atoms with Crippen LogP contribution >= 0.6 is 11.6 Å². The van der Waals surface area contributed by atoms with Crippen LogP contribution in [0, 0.1) is 5.92 Å². The van der Waals surface area contributed by atoms with Gasteiger partial charge in [-0.25, -0.2) is 0 Å². The number of carbonyl (C=O) groups is 1. The van der Waals surface area contributed by atoms with Crippen molar-refractivity contribution in [2.75, 3.05) is 6.54 Å². The first-order valence-corrected chi connectivity index (χ1v) is 11.5. The average molecular weight is 461 g/mol. The molecular weight excluding hydrogens is 436 g/mol. The van der Waals surface area contributed by atoms with Gasteiger partial charge in [0.15, 0.2) is 5.54 Å². The summed E-state index contributed by atoms with van der Waals surface area (Å²) in [6.07, 6.45) is 7.53. The molecule has 1 fully saturated rings. The third-order valence-corrected chi connectivity index (χ3v) is 6.56. The summed E-state index contributed by atoms with van der Waals surface area (Å²) in [5.74, 6) is 0.393. The minimum atomic E-state index is -1.26. The first-order chi connectivity index (χ1) is 16.1. The Labute approximate surface area is 198 Å². The molecule has 1 saturated carbocycles. The molecule has 168 valence electrons. The van der Waals surface area contributed by atoms with Crippen LogP contribution in [0.2, 0.25) is 5.02 Å². The quantitative estimate of drug-likeness (QED) is 0.546. The molecule has 1 aliphatic heterocycles. The van der Waals surface area contributed by atoms with Crippen molar-refractivity contribution in [1.29, 1.82) is 0 Å². The first kappa shape index (κ1) is 21.5. The minimum absolute atomic E-state index is 0.0548. The van der Waals surface area contributed by atoms with Gasteiger partial charge in [0.1, 0.15) is 5.75 Å². The van der Waals surface area contributed by atoms with Gasteiger partial charge in [-0.3, -0.25) is 14.8 Å². The molecule has 0 unspecified atom stereocenters. The third kappa shape index (κ3) is 4.18. The lowest BCUT2D eigenvalue weighted by molar-refractivity contribution is -0.128. The summed E-state index contributed by atoms with van der Waals surface area (Å²) in [6.45, 7) is 1.11. The number of nitrogens with one attached hydrogen (secondary N) is 1. The Bertz CT molecular complexity index is 1170. The second-order valence-electron chi connectivity index (χ2n) is 8.67. The Balaban J connectivity index is 1.59. The van der Waals surface area contributed by atoms with Crippen molar-refractivity contribution in [3.8, 4) is 5.75 Å². The maximum Gasteiger partial charge on any atom is 0.255 e. The lowest BCUT2D eigenvalue weighted by Crippen LogP contribution is -2.48. The van der Waals surface area contributed by atoms with Gasteiger partial charge < -0.3 is 15.3 Å². The third-order valence-electron chi connectivity index (χ3n) is 6.33. The number of rotatable bonds is 7. The Kier molecular flexibility index (Phi) is 5.77. The van der Waals surface area contributed by atoms with Crippen molar-refractivity contribution in [3.05, 3.63) is 94.8 Å². The van der Waals surface area contributed by atoms with E-state index in [9.17, 15) is 9.90 Å². The lowest BCUT2D eigenvalue weighted by Gasteiger charge is -2.37. The van der Waals surface area contributed by atoms with Gasteiger partial charge in [-0.2, -0.15) is 0 Å². The molecule has 2 aromatic carbocycles. The van der Waals surface area contributed by atoms with Crippen LogP contribution in [0.4, 0.5) is 0 Å². The Morgan fingerprint density at radius 1 is 1.15 bits per heavy atom. The van der Waals surface area contributed by atoms with Gasteiger partial charge in [-0.1, -0.05) is 54.1 Å². The fourth-order valence-corrected chi connectivity index (χ4v) is 4.67. The highest BCUT2D eigenvalue weighted by Gasteiger charge is 2.54. The summed E-state index contributed by atoms with van der Waals surface area (Å²) in [5, 5.41) is 14.4. The van der Waals surface area contributed by atoms with Crippen LogP contribution in [0.3, 0.4) is 0 Å². The largest absolute Gasteiger partial charge is 0.508 e. The van der Waals surface area contributed by atoms with E-state index in [1.165, 1.54) is 6.07 Å². The summed E-state index contributed by atoms with van der Waals surface area (Å²) in [5.41, 5.74) is 1.03. The van der Waals surface area contributed by atoms with Crippen molar-refractivity contribution >= 4 is 23.8 Å². The fraction of sp³-hybridized carbons (Fsp3) is 0.269. The van der Waals surface area contributed by atoms with Crippen LogP contribution in [-0.4, -0.2) is 33.8 Å². The van der Waals surface area contributed by atoms with E-state index in [1.807, 2.05) is 42.5 Å². The van der Waals surface area contributed by atoms with Gasteiger partial charge >= 0.3 is 0 Å². The molecular formula is C26H25ClN4O2. The van der Waals surface area contributed by atoms with Crippen molar-refractivity contribution in [2.24, 2.45) is 10.9 Å². The molecule has 2 N–H and O–H groups in total. The van der Waals surface area contributed by atoms with Crippen LogP contribution in [0.25, 0.3) is 0 Å². The molecule has 1 aliphatic carbocycles. The molecule has 1 amide bonds. The first-order valence-electron chi connectivity index (χ1n) is 11.1. The molecule has 0 saturated heterocycles. The van der Waals surface area contributed by atoms with E-state index in [4.69, 9.17) is 16.6 Å². The van der Waals surface area contributed by atoms with Crippen molar-refractivity contribution in [3.63, 3.8) is 0 Å². The molecule has 2 atom stereocenters. The number of pyridine rings is 1. The Morgan fingerprint density at radius 3 is 2.67 bits per heavy atom. The summed E-state index contributed by atoms with van der Waals surface area (Å²) >= 11 is 6.13. The SMILES string of the molecule is O=C(NCc1cccnc1)[C@]1(c2ccccc2)N=CN(CC2CC2)[C@H]1c1ccc(Cl)cc1O. The van der Waals surface area contributed by atoms with Gasteiger partial charge in [0.25, 0.3) is 5.91 Å². The molecule has 6 nitrogen and oxygen atoms in total. The van der Waals surface area contributed by atoms with E-state index >= 15 is 0 Å². The second-order valence-corrected chi connectivity index (χ2v) is 9.10. The number of hydrogen-bond acceptors (Lipinski definition) is 5. The van der Waals surface area contributed by atoms with Gasteiger partial charge in [0.2, 0.25) is 0 Å². The standard InChI is InChI=1S/C26H25ClN4O2/c27-21-10-11-22(23(32)13-21)24-26(20-6-2-1-3-7-20,30-17-31(24)16-18-8-9-18)25(33)29-15-19-5-4-12-28-14-19/h1-7,10-14,17-18,24,32H,8-9,15-16H2,(H,29,33)/t24-,26+/m0/s1. The highest BCUT2D eigenvalue weighted by Crippen LogP contribution is 2.50. The number of phenols is 1. The number of halogens is 1. The molecule has 3 aromatic rings. The van der Waals surface area contributed by atoms with E-state index in [-0.39, 0.29) is 11.7 Å². The smallest absolute Gasteiger partial charge is 0.255 e. The fourth-order valence-electron chi connectivity index (χ4n) is 4.50. The summed E-state index contributed by atoms with van der Waals surface area (Å²) in [6, 6.07) is 17.9. The highest BCUT2D eigenvalue weighted by atomic mass is 35.5. The molecule has 5 rings (SSSR count). The van der Waals surface area contributed by atoms with Crippen LogP contribution < -0.4 is 5.32 Å². The monoisotopic (exact) mass is 460 g/mol.